The van der Waals surface area contributed by atoms with Gasteiger partial charge in [0.25, 0.3) is 0 Å². The lowest BCUT2D eigenvalue weighted by Crippen LogP contribution is -2.11. The van der Waals surface area contributed by atoms with Crippen molar-refractivity contribution >= 4 is 17.7 Å². The average molecular weight is 246 g/mol. The van der Waals surface area contributed by atoms with Gasteiger partial charge >= 0.3 is 5.97 Å². The number of aliphatic carboxylic acids is 1. The first-order valence-corrected chi connectivity index (χ1v) is 5.90. The molecule has 1 aromatic carbocycles. The molecule has 0 bridgehead atoms. The number of benzene rings is 1. The smallest absolute Gasteiger partial charge is 0.307 e. The monoisotopic (exact) mass is 246 g/mol. The quantitative estimate of drug-likeness (QED) is 0.868. The van der Waals surface area contributed by atoms with Gasteiger partial charge in [-0.1, -0.05) is 13.0 Å². The lowest BCUT2D eigenvalue weighted by atomic mass is 10.2. The molecule has 1 atom stereocenters. The molecule has 0 fully saturated rings. The van der Waals surface area contributed by atoms with E-state index >= 15 is 0 Å². The van der Waals surface area contributed by atoms with Crippen LogP contribution in [0.4, 0.5) is 8.78 Å². The van der Waals surface area contributed by atoms with Gasteiger partial charge in [0.1, 0.15) is 0 Å². The second-order valence-corrected chi connectivity index (χ2v) is 4.53. The van der Waals surface area contributed by atoms with Crippen LogP contribution in [0.2, 0.25) is 0 Å². The zero-order valence-electron chi connectivity index (χ0n) is 8.74. The number of rotatable bonds is 5. The normalized spacial score (nSPS) is 12.4. The van der Waals surface area contributed by atoms with Crippen molar-refractivity contribution in [3.8, 4) is 0 Å². The maximum Gasteiger partial charge on any atom is 0.307 e. The van der Waals surface area contributed by atoms with E-state index in [2.05, 4.69) is 0 Å². The van der Waals surface area contributed by atoms with E-state index in [1.165, 1.54) is 17.8 Å². The SMILES string of the molecule is CC(CSCc1ccc(F)c(F)c1)C(=O)O. The summed E-state index contributed by atoms with van der Waals surface area (Å²) in [6, 6.07) is 3.70. The third-order valence-corrected chi connectivity index (χ3v) is 3.32. The first kappa shape index (κ1) is 13.0. The number of halogens is 2. The van der Waals surface area contributed by atoms with E-state index in [4.69, 9.17) is 5.11 Å². The minimum atomic E-state index is -0.871. The van der Waals surface area contributed by atoms with Crippen LogP contribution >= 0.6 is 11.8 Å². The summed E-state index contributed by atoms with van der Waals surface area (Å²) < 4.78 is 25.4. The Bertz CT molecular complexity index is 382. The van der Waals surface area contributed by atoms with Crippen molar-refractivity contribution in [1.82, 2.24) is 0 Å². The minimum absolute atomic E-state index is 0.435. The zero-order valence-corrected chi connectivity index (χ0v) is 9.56. The fourth-order valence-electron chi connectivity index (χ4n) is 1.05. The predicted molar refractivity (Wildman–Crippen MR) is 59.3 cm³/mol. The zero-order chi connectivity index (χ0) is 12.1. The number of carboxylic acid groups (broad SMARTS) is 1. The van der Waals surface area contributed by atoms with Gasteiger partial charge in [0.2, 0.25) is 0 Å². The van der Waals surface area contributed by atoms with Crippen molar-refractivity contribution in [2.75, 3.05) is 5.75 Å². The second-order valence-electron chi connectivity index (χ2n) is 3.50. The van der Waals surface area contributed by atoms with Crippen molar-refractivity contribution in [1.29, 1.82) is 0 Å². The molecule has 0 heterocycles. The van der Waals surface area contributed by atoms with E-state index in [1.54, 1.807) is 6.92 Å². The van der Waals surface area contributed by atoms with Crippen LogP contribution in [0.25, 0.3) is 0 Å². The van der Waals surface area contributed by atoms with Crippen LogP contribution in [0, 0.1) is 17.6 Å². The van der Waals surface area contributed by atoms with Gasteiger partial charge in [-0.25, -0.2) is 8.78 Å². The largest absolute Gasteiger partial charge is 0.481 e. The second kappa shape index (κ2) is 5.84. The van der Waals surface area contributed by atoms with E-state index in [1.807, 2.05) is 0 Å². The van der Waals surface area contributed by atoms with Crippen LogP contribution in [0.1, 0.15) is 12.5 Å². The number of carbonyl (C=O) groups is 1. The fraction of sp³-hybridized carbons (Fsp3) is 0.364. The Balaban J connectivity index is 2.43. The van der Waals surface area contributed by atoms with Gasteiger partial charge in [-0.2, -0.15) is 11.8 Å². The molecule has 16 heavy (non-hydrogen) atoms. The predicted octanol–water partition coefficient (Wildman–Crippen LogP) is 2.92. The van der Waals surface area contributed by atoms with Gasteiger partial charge in [0, 0.05) is 11.5 Å². The van der Waals surface area contributed by atoms with Crippen LogP contribution in [0.3, 0.4) is 0 Å². The Kier molecular flexibility index (Phi) is 4.73. The number of thioether (sulfide) groups is 1. The minimum Gasteiger partial charge on any atom is -0.481 e. The van der Waals surface area contributed by atoms with Crippen LogP contribution < -0.4 is 0 Å². The Labute approximate surface area is 96.7 Å². The van der Waals surface area contributed by atoms with Crippen molar-refractivity contribution in [2.45, 2.75) is 12.7 Å². The highest BCUT2D eigenvalue weighted by Gasteiger charge is 2.10. The molecular formula is C11H12F2O2S. The van der Waals surface area contributed by atoms with Gasteiger partial charge in [0.15, 0.2) is 11.6 Å². The van der Waals surface area contributed by atoms with E-state index < -0.39 is 23.5 Å². The van der Waals surface area contributed by atoms with Gasteiger partial charge in [0.05, 0.1) is 5.92 Å². The van der Waals surface area contributed by atoms with Crippen LogP contribution in [-0.2, 0) is 10.5 Å². The average Bonchev–Trinajstić information content (AvgIpc) is 2.23. The molecule has 1 rings (SSSR count). The van der Waals surface area contributed by atoms with Gasteiger partial charge in [-0.3, -0.25) is 4.79 Å². The summed E-state index contributed by atoms with van der Waals surface area (Å²) in [6.07, 6.45) is 0. The van der Waals surface area contributed by atoms with Crippen LogP contribution in [0.5, 0.6) is 0 Å². The third kappa shape index (κ3) is 3.81. The molecule has 1 unspecified atom stereocenters. The summed E-state index contributed by atoms with van der Waals surface area (Å²) >= 11 is 1.39. The highest BCUT2D eigenvalue weighted by atomic mass is 32.2. The lowest BCUT2D eigenvalue weighted by Gasteiger charge is -2.06. The Hall–Kier alpha value is -1.10. The van der Waals surface area contributed by atoms with Crippen LogP contribution in [-0.4, -0.2) is 16.8 Å². The molecule has 88 valence electrons. The fourth-order valence-corrected chi connectivity index (χ4v) is 2.08. The molecular weight excluding hydrogens is 234 g/mol. The Morgan fingerprint density at radius 3 is 2.69 bits per heavy atom. The third-order valence-electron chi connectivity index (χ3n) is 2.04. The summed E-state index contributed by atoms with van der Waals surface area (Å²) in [5.74, 6) is -2.09. The molecule has 0 aromatic heterocycles. The van der Waals surface area contributed by atoms with Crippen molar-refractivity contribution in [3.63, 3.8) is 0 Å². The van der Waals surface area contributed by atoms with Crippen molar-refractivity contribution < 1.29 is 18.7 Å². The van der Waals surface area contributed by atoms with E-state index in [-0.39, 0.29) is 0 Å². The van der Waals surface area contributed by atoms with Crippen molar-refractivity contribution in [3.05, 3.63) is 35.4 Å². The number of hydrogen-bond acceptors (Lipinski definition) is 2. The first-order valence-electron chi connectivity index (χ1n) is 4.75. The van der Waals surface area contributed by atoms with Gasteiger partial charge in [-0.15, -0.1) is 0 Å². The molecule has 0 saturated carbocycles. The summed E-state index contributed by atoms with van der Waals surface area (Å²) in [5, 5.41) is 8.64. The standard InChI is InChI=1S/C11H12F2O2S/c1-7(11(14)15)5-16-6-8-2-3-9(12)10(13)4-8/h2-4,7H,5-6H2,1H3,(H,14,15). The topological polar surface area (TPSA) is 37.3 Å². The van der Waals surface area contributed by atoms with Crippen LogP contribution in [0.15, 0.2) is 18.2 Å². The molecule has 0 saturated heterocycles. The molecule has 1 aromatic rings. The summed E-state index contributed by atoms with van der Waals surface area (Å²) in [4.78, 5) is 10.5. The number of hydrogen-bond donors (Lipinski definition) is 1. The van der Waals surface area contributed by atoms with Crippen molar-refractivity contribution in [2.24, 2.45) is 5.92 Å². The van der Waals surface area contributed by atoms with Gasteiger partial charge < -0.3 is 5.11 Å². The summed E-state index contributed by atoms with van der Waals surface area (Å²) in [7, 11) is 0. The summed E-state index contributed by atoms with van der Waals surface area (Å²) in [6.45, 7) is 1.61. The van der Waals surface area contributed by atoms with Gasteiger partial charge in [-0.05, 0) is 17.7 Å². The molecule has 0 aliphatic heterocycles. The Morgan fingerprint density at radius 1 is 1.44 bits per heavy atom. The molecule has 5 heteroatoms. The highest BCUT2D eigenvalue weighted by Crippen LogP contribution is 2.17. The van der Waals surface area contributed by atoms with E-state index in [0.29, 0.717) is 17.1 Å². The highest BCUT2D eigenvalue weighted by molar-refractivity contribution is 7.98. The summed E-state index contributed by atoms with van der Waals surface area (Å²) in [5.41, 5.74) is 0.654. The molecule has 0 amide bonds. The molecule has 0 aliphatic rings. The molecule has 0 aliphatic carbocycles. The van der Waals surface area contributed by atoms with E-state index in [0.717, 1.165) is 12.1 Å². The molecule has 1 N–H and O–H groups in total. The molecule has 0 radical (unpaired) electrons. The lowest BCUT2D eigenvalue weighted by molar-refractivity contribution is -0.140. The molecule has 2 nitrogen and oxygen atoms in total. The Morgan fingerprint density at radius 2 is 2.12 bits per heavy atom. The maximum atomic E-state index is 12.8. The number of carboxylic acids is 1. The first-order chi connectivity index (χ1) is 7.50. The molecule has 0 spiro atoms. The van der Waals surface area contributed by atoms with E-state index in [9.17, 15) is 13.6 Å². The maximum absolute atomic E-state index is 12.8.